The quantitative estimate of drug-likeness (QED) is 0.849. The van der Waals surface area contributed by atoms with Crippen LogP contribution in [-0.2, 0) is 17.1 Å². The van der Waals surface area contributed by atoms with Gasteiger partial charge in [0, 0.05) is 22.9 Å². The molecule has 2 aromatic rings. The molecule has 1 amide bonds. The van der Waals surface area contributed by atoms with Crippen LogP contribution in [0.5, 0.6) is 0 Å². The largest absolute Gasteiger partial charge is 0.351 e. The van der Waals surface area contributed by atoms with Gasteiger partial charge in [-0.2, -0.15) is 0 Å². The first-order valence-electron chi connectivity index (χ1n) is 6.90. The highest BCUT2D eigenvalue weighted by Gasteiger charge is 2.08. The summed E-state index contributed by atoms with van der Waals surface area (Å²) in [6, 6.07) is 12.5. The van der Waals surface area contributed by atoms with Crippen molar-refractivity contribution in [3.05, 3.63) is 70.0 Å². The van der Waals surface area contributed by atoms with Crippen molar-refractivity contribution in [2.45, 2.75) is 19.2 Å². The summed E-state index contributed by atoms with van der Waals surface area (Å²) in [5, 5.41) is 3.26. The maximum absolute atomic E-state index is 13.6. The zero-order chi connectivity index (χ0) is 15.9. The Balaban J connectivity index is 1.78. The average molecular weight is 338 g/mol. The Morgan fingerprint density at radius 1 is 1.23 bits per heavy atom. The van der Waals surface area contributed by atoms with Gasteiger partial charge in [-0.15, -0.1) is 11.8 Å². The molecular formula is C17H17ClFNOS. The molecule has 0 spiro atoms. The summed E-state index contributed by atoms with van der Waals surface area (Å²) in [5.41, 5.74) is 2.69. The lowest BCUT2D eigenvalue weighted by atomic mass is 10.1. The topological polar surface area (TPSA) is 29.1 Å². The normalized spacial score (nSPS) is 10.5. The molecule has 1 N–H and O–H groups in total. The van der Waals surface area contributed by atoms with Gasteiger partial charge >= 0.3 is 0 Å². The molecular weight excluding hydrogens is 321 g/mol. The number of carbonyl (C=O) groups is 1. The predicted molar refractivity (Wildman–Crippen MR) is 90.6 cm³/mol. The van der Waals surface area contributed by atoms with Crippen LogP contribution >= 0.6 is 23.4 Å². The van der Waals surface area contributed by atoms with E-state index in [1.165, 1.54) is 17.8 Å². The molecule has 0 aliphatic heterocycles. The van der Waals surface area contributed by atoms with E-state index in [-0.39, 0.29) is 17.5 Å². The minimum absolute atomic E-state index is 0.0688. The van der Waals surface area contributed by atoms with Crippen LogP contribution in [0.15, 0.2) is 42.5 Å². The van der Waals surface area contributed by atoms with Crippen LogP contribution in [0, 0.1) is 12.7 Å². The third-order valence-electron chi connectivity index (χ3n) is 3.28. The minimum Gasteiger partial charge on any atom is -0.351 e. The molecule has 0 unspecified atom stereocenters. The molecule has 0 bridgehead atoms. The number of hydrogen-bond acceptors (Lipinski definition) is 2. The van der Waals surface area contributed by atoms with E-state index in [1.54, 1.807) is 12.1 Å². The number of halogens is 2. The monoisotopic (exact) mass is 337 g/mol. The SMILES string of the molecule is Cc1ccccc1CNC(=O)CSCc1c(F)cccc1Cl. The van der Waals surface area contributed by atoms with Crippen molar-refractivity contribution < 1.29 is 9.18 Å². The van der Waals surface area contributed by atoms with Gasteiger partial charge in [-0.3, -0.25) is 4.79 Å². The number of benzene rings is 2. The molecule has 0 fully saturated rings. The molecule has 0 heterocycles. The Morgan fingerprint density at radius 2 is 2.00 bits per heavy atom. The van der Waals surface area contributed by atoms with Crippen molar-refractivity contribution in [3.63, 3.8) is 0 Å². The smallest absolute Gasteiger partial charge is 0.230 e. The molecule has 0 aromatic heterocycles. The van der Waals surface area contributed by atoms with Crippen molar-refractivity contribution in [1.29, 1.82) is 0 Å². The van der Waals surface area contributed by atoms with E-state index in [4.69, 9.17) is 11.6 Å². The molecule has 0 saturated carbocycles. The third kappa shape index (κ3) is 4.75. The number of aryl methyl sites for hydroxylation is 1. The fraction of sp³-hybridized carbons (Fsp3) is 0.235. The van der Waals surface area contributed by atoms with E-state index in [0.717, 1.165) is 11.1 Å². The van der Waals surface area contributed by atoms with E-state index in [9.17, 15) is 9.18 Å². The summed E-state index contributed by atoms with van der Waals surface area (Å²) in [7, 11) is 0. The predicted octanol–water partition coefficient (Wildman–Crippen LogP) is 4.34. The molecule has 0 atom stereocenters. The van der Waals surface area contributed by atoms with Crippen LogP contribution in [0.3, 0.4) is 0 Å². The first kappa shape index (κ1) is 16.8. The summed E-state index contributed by atoms with van der Waals surface area (Å²) in [5.74, 6) is 0.251. The summed E-state index contributed by atoms with van der Waals surface area (Å²) in [6.45, 7) is 2.52. The Morgan fingerprint density at radius 3 is 2.73 bits per heavy atom. The number of nitrogens with one attached hydrogen (secondary N) is 1. The maximum Gasteiger partial charge on any atom is 0.230 e. The highest BCUT2D eigenvalue weighted by atomic mass is 35.5. The second-order valence-corrected chi connectivity index (χ2v) is 6.29. The third-order valence-corrected chi connectivity index (χ3v) is 4.59. The van der Waals surface area contributed by atoms with Gasteiger partial charge < -0.3 is 5.32 Å². The number of carbonyl (C=O) groups excluding carboxylic acids is 1. The van der Waals surface area contributed by atoms with Crippen molar-refractivity contribution in [3.8, 4) is 0 Å². The molecule has 116 valence electrons. The van der Waals surface area contributed by atoms with Gasteiger partial charge in [0.05, 0.1) is 5.75 Å². The Kier molecular flexibility index (Phi) is 6.28. The molecule has 22 heavy (non-hydrogen) atoms. The van der Waals surface area contributed by atoms with Crippen molar-refractivity contribution in [2.75, 3.05) is 5.75 Å². The Labute approximate surface area is 139 Å². The number of rotatable bonds is 6. The second-order valence-electron chi connectivity index (χ2n) is 4.90. The summed E-state index contributed by atoms with van der Waals surface area (Å²) >= 11 is 7.30. The van der Waals surface area contributed by atoms with Gasteiger partial charge in [0.15, 0.2) is 0 Å². The van der Waals surface area contributed by atoms with E-state index < -0.39 is 0 Å². The Bertz CT molecular complexity index is 643. The lowest BCUT2D eigenvalue weighted by Gasteiger charge is -2.08. The summed E-state index contributed by atoms with van der Waals surface area (Å²) in [6.07, 6.45) is 0. The summed E-state index contributed by atoms with van der Waals surface area (Å²) in [4.78, 5) is 11.8. The first-order valence-corrected chi connectivity index (χ1v) is 8.43. The van der Waals surface area contributed by atoms with E-state index >= 15 is 0 Å². The van der Waals surface area contributed by atoms with Gasteiger partial charge in [0.2, 0.25) is 5.91 Å². The Hall–Kier alpha value is -1.52. The van der Waals surface area contributed by atoms with Crippen LogP contribution in [-0.4, -0.2) is 11.7 Å². The standard InChI is InChI=1S/C17H17ClFNOS/c1-12-5-2-3-6-13(12)9-20-17(21)11-22-10-14-15(18)7-4-8-16(14)19/h2-8H,9-11H2,1H3,(H,20,21). The molecule has 2 nitrogen and oxygen atoms in total. The number of thioether (sulfide) groups is 1. The number of hydrogen-bond donors (Lipinski definition) is 1. The molecule has 2 aromatic carbocycles. The van der Waals surface area contributed by atoms with E-state index in [1.807, 2.05) is 31.2 Å². The van der Waals surface area contributed by atoms with Gasteiger partial charge in [-0.25, -0.2) is 4.39 Å². The molecule has 5 heteroatoms. The van der Waals surface area contributed by atoms with Crippen molar-refractivity contribution in [1.82, 2.24) is 5.32 Å². The fourth-order valence-corrected chi connectivity index (χ4v) is 3.17. The van der Waals surface area contributed by atoms with Crippen molar-refractivity contribution in [2.24, 2.45) is 0 Å². The molecule has 2 rings (SSSR count). The molecule has 0 aliphatic rings. The van der Waals surface area contributed by atoms with Crippen molar-refractivity contribution >= 4 is 29.3 Å². The molecule has 0 aliphatic carbocycles. The van der Waals surface area contributed by atoms with Crippen LogP contribution in [0.4, 0.5) is 4.39 Å². The van der Waals surface area contributed by atoms with E-state index in [2.05, 4.69) is 5.32 Å². The summed E-state index contributed by atoms with van der Waals surface area (Å²) < 4.78 is 13.6. The number of amides is 1. The minimum atomic E-state index is -0.333. The zero-order valence-corrected chi connectivity index (χ0v) is 13.8. The van der Waals surface area contributed by atoms with Gasteiger partial charge in [0.25, 0.3) is 0 Å². The molecule has 0 radical (unpaired) electrons. The van der Waals surface area contributed by atoms with Crippen LogP contribution in [0.25, 0.3) is 0 Å². The lowest BCUT2D eigenvalue weighted by molar-refractivity contribution is -0.118. The lowest BCUT2D eigenvalue weighted by Crippen LogP contribution is -2.25. The molecule has 0 saturated heterocycles. The average Bonchev–Trinajstić information content (AvgIpc) is 2.49. The second kappa shape index (κ2) is 8.20. The fourth-order valence-electron chi connectivity index (χ4n) is 1.97. The van der Waals surface area contributed by atoms with Gasteiger partial charge in [-0.1, -0.05) is 41.9 Å². The first-order chi connectivity index (χ1) is 10.6. The zero-order valence-electron chi connectivity index (χ0n) is 12.2. The van der Waals surface area contributed by atoms with E-state index in [0.29, 0.717) is 22.9 Å². The van der Waals surface area contributed by atoms with Gasteiger partial charge in [-0.05, 0) is 30.2 Å². The van der Waals surface area contributed by atoms with Gasteiger partial charge in [0.1, 0.15) is 5.82 Å². The van der Waals surface area contributed by atoms with Crippen LogP contribution in [0.2, 0.25) is 5.02 Å². The highest BCUT2D eigenvalue weighted by Crippen LogP contribution is 2.23. The highest BCUT2D eigenvalue weighted by molar-refractivity contribution is 7.99. The maximum atomic E-state index is 13.6. The van der Waals surface area contributed by atoms with Crippen LogP contribution < -0.4 is 5.32 Å². The van der Waals surface area contributed by atoms with Crippen LogP contribution in [0.1, 0.15) is 16.7 Å².